The zero-order chi connectivity index (χ0) is 18.4. The van der Waals surface area contributed by atoms with Gasteiger partial charge in [-0.15, -0.1) is 0 Å². The van der Waals surface area contributed by atoms with Gasteiger partial charge in [0.15, 0.2) is 0 Å². The highest BCUT2D eigenvalue weighted by atomic mass is 19.1. The van der Waals surface area contributed by atoms with Crippen LogP contribution in [0.25, 0.3) is 0 Å². The molecule has 2 amide bonds. The molecule has 2 aromatic rings. The topological polar surface area (TPSA) is 61.4 Å². The SMILES string of the molecule is O=C(Nc1cccc(F)c1)C(=O)NC1CCN(Cc2ccccc2)CC1. The van der Waals surface area contributed by atoms with Crippen molar-refractivity contribution >= 4 is 17.5 Å². The van der Waals surface area contributed by atoms with Gasteiger partial charge in [-0.2, -0.15) is 0 Å². The average molecular weight is 355 g/mol. The summed E-state index contributed by atoms with van der Waals surface area (Å²) >= 11 is 0. The third-order valence-electron chi connectivity index (χ3n) is 4.46. The van der Waals surface area contributed by atoms with Crippen LogP contribution in [0.4, 0.5) is 10.1 Å². The lowest BCUT2D eigenvalue weighted by Crippen LogP contribution is -2.47. The van der Waals surface area contributed by atoms with Crippen LogP contribution >= 0.6 is 0 Å². The normalized spacial score (nSPS) is 15.4. The fourth-order valence-electron chi connectivity index (χ4n) is 3.08. The molecule has 5 nitrogen and oxygen atoms in total. The second-order valence-corrected chi connectivity index (χ2v) is 6.47. The molecule has 3 rings (SSSR count). The van der Waals surface area contributed by atoms with Crippen LogP contribution in [0.3, 0.4) is 0 Å². The molecule has 0 aromatic heterocycles. The Bertz CT molecular complexity index is 759. The molecule has 0 bridgehead atoms. The molecule has 0 aliphatic carbocycles. The van der Waals surface area contributed by atoms with Crippen molar-refractivity contribution in [1.82, 2.24) is 10.2 Å². The van der Waals surface area contributed by atoms with Crippen molar-refractivity contribution in [3.63, 3.8) is 0 Å². The second-order valence-electron chi connectivity index (χ2n) is 6.47. The van der Waals surface area contributed by atoms with Crippen LogP contribution in [0, 0.1) is 5.82 Å². The van der Waals surface area contributed by atoms with Gasteiger partial charge in [0.1, 0.15) is 5.82 Å². The Labute approximate surface area is 152 Å². The molecule has 136 valence electrons. The summed E-state index contributed by atoms with van der Waals surface area (Å²) < 4.78 is 13.1. The number of nitrogens with zero attached hydrogens (tertiary/aromatic N) is 1. The smallest absolute Gasteiger partial charge is 0.313 e. The lowest BCUT2D eigenvalue weighted by atomic mass is 10.0. The largest absolute Gasteiger partial charge is 0.345 e. The van der Waals surface area contributed by atoms with Crippen LogP contribution in [0.5, 0.6) is 0 Å². The maximum absolute atomic E-state index is 13.1. The molecular weight excluding hydrogens is 333 g/mol. The Morgan fingerprint density at radius 3 is 2.42 bits per heavy atom. The number of carbonyl (C=O) groups is 2. The van der Waals surface area contributed by atoms with Crippen LogP contribution in [0.2, 0.25) is 0 Å². The van der Waals surface area contributed by atoms with E-state index in [9.17, 15) is 14.0 Å². The van der Waals surface area contributed by atoms with Gasteiger partial charge in [-0.05, 0) is 36.6 Å². The summed E-state index contributed by atoms with van der Waals surface area (Å²) in [5.41, 5.74) is 1.53. The number of amides is 2. The molecule has 1 aliphatic heterocycles. The molecule has 0 unspecified atom stereocenters. The summed E-state index contributed by atoms with van der Waals surface area (Å²) in [5, 5.41) is 5.18. The molecule has 1 heterocycles. The number of nitrogens with one attached hydrogen (secondary N) is 2. The Kier molecular flexibility index (Phi) is 5.96. The van der Waals surface area contributed by atoms with Crippen molar-refractivity contribution in [2.75, 3.05) is 18.4 Å². The van der Waals surface area contributed by atoms with Crippen LogP contribution in [0.1, 0.15) is 18.4 Å². The molecule has 1 saturated heterocycles. The van der Waals surface area contributed by atoms with Gasteiger partial charge < -0.3 is 10.6 Å². The molecule has 0 saturated carbocycles. The quantitative estimate of drug-likeness (QED) is 0.829. The summed E-state index contributed by atoms with van der Waals surface area (Å²) in [7, 11) is 0. The zero-order valence-corrected chi connectivity index (χ0v) is 14.5. The first-order chi connectivity index (χ1) is 12.6. The van der Waals surface area contributed by atoms with Crippen molar-refractivity contribution in [3.05, 3.63) is 66.0 Å². The first kappa shape index (κ1) is 18.1. The van der Waals surface area contributed by atoms with E-state index in [2.05, 4.69) is 27.7 Å². The van der Waals surface area contributed by atoms with E-state index in [1.54, 1.807) is 0 Å². The number of anilines is 1. The van der Waals surface area contributed by atoms with E-state index >= 15 is 0 Å². The van der Waals surface area contributed by atoms with Crippen molar-refractivity contribution < 1.29 is 14.0 Å². The maximum Gasteiger partial charge on any atom is 0.313 e. The predicted octanol–water partition coefficient (Wildman–Crippen LogP) is 2.55. The van der Waals surface area contributed by atoms with Crippen molar-refractivity contribution in [2.45, 2.75) is 25.4 Å². The minimum atomic E-state index is -0.776. The van der Waals surface area contributed by atoms with Gasteiger partial charge in [-0.1, -0.05) is 36.4 Å². The van der Waals surface area contributed by atoms with E-state index in [4.69, 9.17) is 0 Å². The molecule has 1 aliphatic rings. The van der Waals surface area contributed by atoms with Gasteiger partial charge in [0, 0.05) is 31.4 Å². The Balaban J connectivity index is 1.43. The standard InChI is InChI=1S/C20H22FN3O2/c21-16-7-4-8-18(13-16)23-20(26)19(25)22-17-9-11-24(12-10-17)14-15-5-2-1-3-6-15/h1-8,13,17H,9-12,14H2,(H,22,25)(H,23,26). The minimum Gasteiger partial charge on any atom is -0.345 e. The Morgan fingerprint density at radius 2 is 1.73 bits per heavy atom. The zero-order valence-electron chi connectivity index (χ0n) is 14.5. The highest BCUT2D eigenvalue weighted by molar-refractivity contribution is 6.39. The monoisotopic (exact) mass is 355 g/mol. The first-order valence-electron chi connectivity index (χ1n) is 8.74. The van der Waals surface area contributed by atoms with Crippen LogP contribution in [-0.2, 0) is 16.1 Å². The van der Waals surface area contributed by atoms with Crippen LogP contribution < -0.4 is 10.6 Å². The van der Waals surface area contributed by atoms with Gasteiger partial charge in [0.2, 0.25) is 0 Å². The Morgan fingerprint density at radius 1 is 1.00 bits per heavy atom. The molecular formula is C20H22FN3O2. The lowest BCUT2D eigenvalue weighted by molar-refractivity contribution is -0.136. The Hall–Kier alpha value is -2.73. The minimum absolute atomic E-state index is 0.0206. The predicted molar refractivity (Wildman–Crippen MR) is 97.9 cm³/mol. The number of rotatable bonds is 4. The van der Waals surface area contributed by atoms with Gasteiger partial charge >= 0.3 is 11.8 Å². The summed E-state index contributed by atoms with van der Waals surface area (Å²) in [4.78, 5) is 26.3. The van der Waals surface area contributed by atoms with E-state index in [0.29, 0.717) is 0 Å². The average Bonchev–Trinajstić information content (AvgIpc) is 2.64. The van der Waals surface area contributed by atoms with E-state index in [1.807, 2.05) is 18.2 Å². The van der Waals surface area contributed by atoms with Gasteiger partial charge in [-0.3, -0.25) is 14.5 Å². The number of halogens is 1. The third kappa shape index (κ3) is 5.13. The lowest BCUT2D eigenvalue weighted by Gasteiger charge is -2.32. The number of carbonyl (C=O) groups excluding carboxylic acids is 2. The van der Waals surface area contributed by atoms with E-state index < -0.39 is 17.6 Å². The third-order valence-corrected chi connectivity index (χ3v) is 4.46. The number of hydrogen-bond acceptors (Lipinski definition) is 3. The van der Waals surface area contributed by atoms with Crippen molar-refractivity contribution in [3.8, 4) is 0 Å². The number of benzene rings is 2. The fourth-order valence-corrected chi connectivity index (χ4v) is 3.08. The van der Waals surface area contributed by atoms with E-state index in [-0.39, 0.29) is 11.7 Å². The number of piperidine rings is 1. The summed E-state index contributed by atoms with van der Waals surface area (Å²) in [6.45, 7) is 2.62. The highest BCUT2D eigenvalue weighted by Crippen LogP contribution is 2.14. The fraction of sp³-hybridized carbons (Fsp3) is 0.300. The van der Waals surface area contributed by atoms with E-state index in [1.165, 1.54) is 29.8 Å². The van der Waals surface area contributed by atoms with Gasteiger partial charge in [-0.25, -0.2) is 4.39 Å². The summed E-state index contributed by atoms with van der Waals surface area (Å²) in [5.74, 6) is -1.92. The molecule has 2 aromatic carbocycles. The molecule has 0 atom stereocenters. The second kappa shape index (κ2) is 8.58. The van der Waals surface area contributed by atoms with Gasteiger partial charge in [0.05, 0.1) is 0 Å². The molecule has 6 heteroatoms. The first-order valence-corrected chi connectivity index (χ1v) is 8.74. The van der Waals surface area contributed by atoms with Crippen LogP contribution in [-0.4, -0.2) is 35.8 Å². The highest BCUT2D eigenvalue weighted by Gasteiger charge is 2.23. The summed E-state index contributed by atoms with van der Waals surface area (Å²) in [6, 6.07) is 15.7. The van der Waals surface area contributed by atoms with Gasteiger partial charge in [0.25, 0.3) is 0 Å². The molecule has 1 fully saturated rings. The van der Waals surface area contributed by atoms with Crippen LogP contribution in [0.15, 0.2) is 54.6 Å². The van der Waals surface area contributed by atoms with E-state index in [0.717, 1.165) is 32.5 Å². The molecule has 2 N–H and O–H groups in total. The maximum atomic E-state index is 13.1. The van der Waals surface area contributed by atoms with Crippen molar-refractivity contribution in [2.24, 2.45) is 0 Å². The number of likely N-dealkylation sites (tertiary alicyclic amines) is 1. The molecule has 0 radical (unpaired) electrons. The number of hydrogen-bond donors (Lipinski definition) is 2. The van der Waals surface area contributed by atoms with Crippen molar-refractivity contribution in [1.29, 1.82) is 0 Å². The molecule has 26 heavy (non-hydrogen) atoms. The summed E-state index contributed by atoms with van der Waals surface area (Å²) in [6.07, 6.45) is 1.59. The molecule has 0 spiro atoms.